The first-order valence-electron chi connectivity index (χ1n) is 13.6. The first-order valence-corrected chi connectivity index (χ1v) is 16.2. The van der Waals surface area contributed by atoms with Crippen LogP contribution in [0.25, 0.3) is 10.9 Å². The predicted molar refractivity (Wildman–Crippen MR) is 143 cm³/mol. The van der Waals surface area contributed by atoms with Crippen LogP contribution in [0.2, 0.25) is 18.1 Å². The molecule has 2 heterocycles. The van der Waals surface area contributed by atoms with Crippen molar-refractivity contribution in [1.29, 1.82) is 0 Å². The molecule has 0 bridgehead atoms. The van der Waals surface area contributed by atoms with Gasteiger partial charge >= 0.3 is 0 Å². The fraction of sp³-hybridized carbons (Fsp3) is 0.667. The highest BCUT2D eigenvalue weighted by Crippen LogP contribution is 2.69. The minimum atomic E-state index is -1.67. The summed E-state index contributed by atoms with van der Waals surface area (Å²) >= 11 is 0. The number of rotatable bonds is 6. The Morgan fingerprint density at radius 1 is 1.06 bits per heavy atom. The summed E-state index contributed by atoms with van der Waals surface area (Å²) in [6.45, 7) is 20.5. The average Bonchev–Trinajstić information content (AvgIpc) is 3.34. The maximum Gasteiger partial charge on any atom is 0.192 e. The van der Waals surface area contributed by atoms with Crippen LogP contribution < -0.4 is 0 Å². The zero-order valence-corrected chi connectivity index (χ0v) is 22.9. The molecule has 0 spiro atoms. The van der Waals surface area contributed by atoms with Gasteiger partial charge in [-0.05, 0) is 78.6 Å². The Hall–Kier alpha value is -1.32. The minimum Gasteiger partial charge on any atom is -0.413 e. The molecule has 2 aromatic rings. The third-order valence-corrected chi connectivity index (χ3v) is 16.1. The highest BCUT2D eigenvalue weighted by molar-refractivity contribution is 6.73. The third-order valence-electron chi connectivity index (χ3n) is 11.5. The van der Waals surface area contributed by atoms with Crippen molar-refractivity contribution in [2.75, 3.05) is 0 Å². The lowest BCUT2D eigenvalue weighted by Gasteiger charge is -2.65. The van der Waals surface area contributed by atoms with Gasteiger partial charge in [-0.1, -0.05) is 65.8 Å². The van der Waals surface area contributed by atoms with Crippen LogP contribution in [0.3, 0.4) is 0 Å². The van der Waals surface area contributed by atoms with Crippen molar-refractivity contribution in [2.24, 2.45) is 22.7 Å². The van der Waals surface area contributed by atoms with Crippen molar-refractivity contribution in [2.45, 2.75) is 103 Å². The maximum absolute atomic E-state index is 7.25. The molecule has 0 unspecified atom stereocenters. The van der Waals surface area contributed by atoms with Crippen LogP contribution in [-0.4, -0.2) is 19.0 Å². The molecular formula is C30H45NOSi. The summed E-state index contributed by atoms with van der Waals surface area (Å²) in [5, 5.41) is 1.41. The summed E-state index contributed by atoms with van der Waals surface area (Å²) in [5.74, 6) is 1.35. The largest absolute Gasteiger partial charge is 0.413 e. The van der Waals surface area contributed by atoms with Gasteiger partial charge in [0.25, 0.3) is 0 Å². The molecule has 180 valence electrons. The summed E-state index contributed by atoms with van der Waals surface area (Å²) in [7, 11) is -1.67. The van der Waals surface area contributed by atoms with E-state index in [-0.39, 0.29) is 16.2 Å². The van der Waals surface area contributed by atoms with E-state index in [0.717, 1.165) is 5.92 Å². The predicted octanol–water partition coefficient (Wildman–Crippen LogP) is 8.32. The monoisotopic (exact) mass is 463 g/mol. The van der Waals surface area contributed by atoms with Crippen LogP contribution in [-0.2, 0) is 16.4 Å². The standard InChI is InChI=1S/C30H45NOSi/c1-8-28(5)25-17-16-23-21-31-24-15-13-12-14-22(24)20-26(31)30(23,7)29(25,6)19-18-27(28)32-33(9-2,10-3)11-4/h8,12-15,20,23,25,27H,1,9-11,16-19,21H2,2-7H3/t23-,25-,27-,28-,29-,30+/m0/s1. The van der Waals surface area contributed by atoms with E-state index in [2.05, 4.69) is 89.1 Å². The van der Waals surface area contributed by atoms with Crippen LogP contribution in [0.5, 0.6) is 0 Å². The zero-order chi connectivity index (χ0) is 23.6. The zero-order valence-electron chi connectivity index (χ0n) is 21.9. The molecule has 1 aromatic carbocycles. The molecule has 2 nitrogen and oxygen atoms in total. The summed E-state index contributed by atoms with van der Waals surface area (Å²) in [4.78, 5) is 0. The van der Waals surface area contributed by atoms with Gasteiger partial charge in [-0.15, -0.1) is 6.58 Å². The summed E-state index contributed by atoms with van der Waals surface area (Å²) in [6.07, 6.45) is 7.71. The summed E-state index contributed by atoms with van der Waals surface area (Å²) in [5.41, 5.74) is 3.52. The lowest BCUT2D eigenvalue weighted by atomic mass is 9.40. The lowest BCUT2D eigenvalue weighted by molar-refractivity contribution is -0.139. The highest BCUT2D eigenvalue weighted by atomic mass is 28.4. The number of hydrogen-bond donors (Lipinski definition) is 0. The minimum absolute atomic E-state index is 0.0399. The number of para-hydroxylation sites is 1. The molecule has 5 rings (SSSR count). The first kappa shape index (κ1) is 23.4. The van der Waals surface area contributed by atoms with Gasteiger partial charge < -0.3 is 8.99 Å². The quantitative estimate of drug-likeness (QED) is 0.310. The van der Waals surface area contributed by atoms with Crippen LogP contribution in [0, 0.1) is 22.7 Å². The topological polar surface area (TPSA) is 14.2 Å². The molecule has 33 heavy (non-hydrogen) atoms. The Bertz CT molecular complexity index is 1040. The van der Waals surface area contributed by atoms with Gasteiger partial charge in [-0.3, -0.25) is 0 Å². The second-order valence-corrected chi connectivity index (χ2v) is 16.8. The Kier molecular flexibility index (Phi) is 5.57. The number of nitrogens with zero attached hydrogens (tertiary/aromatic N) is 1. The van der Waals surface area contributed by atoms with E-state index in [9.17, 15) is 0 Å². The smallest absolute Gasteiger partial charge is 0.192 e. The molecule has 0 saturated heterocycles. The first-order chi connectivity index (χ1) is 15.7. The third kappa shape index (κ3) is 2.94. The van der Waals surface area contributed by atoms with E-state index in [1.165, 1.54) is 61.3 Å². The van der Waals surface area contributed by atoms with Gasteiger partial charge in [0.1, 0.15) is 0 Å². The molecule has 2 fully saturated rings. The van der Waals surface area contributed by atoms with E-state index in [1.54, 1.807) is 5.69 Å². The normalized spacial score (nSPS) is 38.1. The molecule has 3 aliphatic rings. The SMILES string of the molecule is C=C[C@]1(C)[C@@H](O[Si](CC)(CC)CC)CC[C@@]2(C)[C@H]1CC[C@H]1Cn3c(cc4ccccc43)[C@@]12C. The number of hydrogen-bond acceptors (Lipinski definition) is 1. The fourth-order valence-corrected chi connectivity index (χ4v) is 11.8. The fourth-order valence-electron chi connectivity index (χ4n) is 8.80. The molecule has 6 atom stereocenters. The Morgan fingerprint density at radius 2 is 1.76 bits per heavy atom. The Labute approximate surface area is 202 Å². The molecule has 2 saturated carbocycles. The van der Waals surface area contributed by atoms with Gasteiger partial charge in [0.05, 0.1) is 6.10 Å². The van der Waals surface area contributed by atoms with Crippen molar-refractivity contribution >= 4 is 19.2 Å². The van der Waals surface area contributed by atoms with Crippen LogP contribution in [0.4, 0.5) is 0 Å². The van der Waals surface area contributed by atoms with Gasteiger partial charge in [0.15, 0.2) is 8.32 Å². The molecule has 3 heteroatoms. The van der Waals surface area contributed by atoms with Crippen LogP contribution >= 0.6 is 0 Å². The maximum atomic E-state index is 7.25. The van der Waals surface area contributed by atoms with Crippen molar-refractivity contribution in [3.05, 3.63) is 48.7 Å². The Morgan fingerprint density at radius 3 is 2.42 bits per heavy atom. The van der Waals surface area contributed by atoms with E-state index < -0.39 is 8.32 Å². The molecule has 0 radical (unpaired) electrons. The number of aromatic nitrogens is 1. The van der Waals surface area contributed by atoms with E-state index in [0.29, 0.717) is 12.0 Å². The number of benzene rings is 1. The average molecular weight is 464 g/mol. The summed E-state index contributed by atoms with van der Waals surface area (Å²) in [6, 6.07) is 15.2. The van der Waals surface area contributed by atoms with Crippen LogP contribution in [0.1, 0.15) is 72.9 Å². The number of fused-ring (bicyclic) bond motifs is 7. The highest BCUT2D eigenvalue weighted by Gasteiger charge is 2.66. The van der Waals surface area contributed by atoms with Crippen molar-refractivity contribution < 1.29 is 4.43 Å². The van der Waals surface area contributed by atoms with Gasteiger partial charge in [-0.2, -0.15) is 0 Å². The molecule has 1 aromatic heterocycles. The van der Waals surface area contributed by atoms with Crippen molar-refractivity contribution in [3.8, 4) is 0 Å². The molecule has 2 aliphatic carbocycles. The Balaban J connectivity index is 1.58. The second kappa shape index (κ2) is 7.85. The van der Waals surface area contributed by atoms with Crippen LogP contribution in [0.15, 0.2) is 43.0 Å². The van der Waals surface area contributed by atoms with Crippen molar-refractivity contribution in [1.82, 2.24) is 4.57 Å². The molecule has 1 aliphatic heterocycles. The van der Waals surface area contributed by atoms with Crippen molar-refractivity contribution in [3.63, 3.8) is 0 Å². The van der Waals surface area contributed by atoms with E-state index in [4.69, 9.17) is 4.43 Å². The van der Waals surface area contributed by atoms with Gasteiger partial charge in [0.2, 0.25) is 0 Å². The van der Waals surface area contributed by atoms with Gasteiger partial charge in [0, 0.05) is 28.6 Å². The second-order valence-electron chi connectivity index (χ2n) is 12.1. The van der Waals surface area contributed by atoms with E-state index in [1.807, 2.05) is 0 Å². The molecule has 0 amide bonds. The van der Waals surface area contributed by atoms with E-state index >= 15 is 0 Å². The summed E-state index contributed by atoms with van der Waals surface area (Å²) < 4.78 is 9.92. The lowest BCUT2D eigenvalue weighted by Crippen LogP contribution is -2.63. The molecule has 0 N–H and O–H groups in total. The van der Waals surface area contributed by atoms with Gasteiger partial charge in [-0.25, -0.2) is 0 Å². The molecular weight excluding hydrogens is 418 g/mol.